The summed E-state index contributed by atoms with van der Waals surface area (Å²) in [5.41, 5.74) is 5.45. The quantitative estimate of drug-likeness (QED) is 0.856. The number of hydrogen-bond donors (Lipinski definition) is 1. The van der Waals surface area contributed by atoms with Gasteiger partial charge in [0, 0.05) is 18.1 Å². The molecule has 0 saturated carbocycles. The highest BCUT2D eigenvalue weighted by molar-refractivity contribution is 9.10. The van der Waals surface area contributed by atoms with Crippen LogP contribution in [0.2, 0.25) is 0 Å². The van der Waals surface area contributed by atoms with Crippen molar-refractivity contribution >= 4 is 27.5 Å². The Labute approximate surface area is 129 Å². The van der Waals surface area contributed by atoms with Crippen LogP contribution in [0.25, 0.3) is 0 Å². The molecule has 0 atom stereocenters. The van der Waals surface area contributed by atoms with Crippen LogP contribution in [0.15, 0.2) is 40.9 Å². The van der Waals surface area contributed by atoms with E-state index >= 15 is 0 Å². The van der Waals surface area contributed by atoms with E-state index in [2.05, 4.69) is 15.9 Å². The van der Waals surface area contributed by atoms with E-state index in [1.807, 2.05) is 24.3 Å². The van der Waals surface area contributed by atoms with Crippen LogP contribution in [-0.2, 0) is 6.54 Å². The molecule has 0 unspecified atom stereocenters. The van der Waals surface area contributed by atoms with Crippen molar-refractivity contribution in [2.24, 2.45) is 0 Å². The molecule has 3 nitrogen and oxygen atoms in total. The van der Waals surface area contributed by atoms with Gasteiger partial charge in [-0.1, -0.05) is 34.1 Å². The average Bonchev–Trinajstić information content (AvgIpc) is 2.44. The number of benzene rings is 2. The van der Waals surface area contributed by atoms with Gasteiger partial charge in [0.25, 0.3) is 5.91 Å². The number of nitrogen functional groups attached to an aromatic ring is 1. The minimum Gasteiger partial charge on any atom is -0.396 e. The molecule has 2 aromatic carbocycles. The number of anilines is 1. The summed E-state index contributed by atoms with van der Waals surface area (Å²) in [7, 11) is 1.52. The molecule has 21 heavy (non-hydrogen) atoms. The number of halogens is 3. The van der Waals surface area contributed by atoms with Gasteiger partial charge in [0.05, 0.1) is 11.3 Å². The molecule has 0 heterocycles. The maximum Gasteiger partial charge on any atom is 0.257 e. The number of nitrogens with two attached hydrogens (primary N) is 1. The van der Waals surface area contributed by atoms with Gasteiger partial charge in [-0.15, -0.1) is 0 Å². The highest BCUT2D eigenvalue weighted by Crippen LogP contribution is 2.21. The molecule has 0 aliphatic heterocycles. The Bertz CT molecular complexity index is 691. The van der Waals surface area contributed by atoms with Crippen molar-refractivity contribution in [1.29, 1.82) is 0 Å². The topological polar surface area (TPSA) is 46.3 Å². The van der Waals surface area contributed by atoms with E-state index in [1.165, 1.54) is 11.9 Å². The summed E-state index contributed by atoms with van der Waals surface area (Å²) < 4.78 is 28.0. The van der Waals surface area contributed by atoms with Crippen LogP contribution < -0.4 is 5.73 Å². The molecule has 2 N–H and O–H groups in total. The van der Waals surface area contributed by atoms with Gasteiger partial charge >= 0.3 is 0 Å². The van der Waals surface area contributed by atoms with E-state index in [0.717, 1.165) is 22.2 Å². The van der Waals surface area contributed by atoms with E-state index in [1.54, 1.807) is 0 Å². The molecule has 2 aromatic rings. The fourth-order valence-electron chi connectivity index (χ4n) is 1.93. The van der Waals surface area contributed by atoms with E-state index in [4.69, 9.17) is 5.73 Å². The van der Waals surface area contributed by atoms with Crippen molar-refractivity contribution in [3.05, 3.63) is 63.6 Å². The summed E-state index contributed by atoms with van der Waals surface area (Å²) in [6.07, 6.45) is 0. The van der Waals surface area contributed by atoms with Gasteiger partial charge in [0.15, 0.2) is 5.82 Å². The highest BCUT2D eigenvalue weighted by Gasteiger charge is 2.20. The lowest BCUT2D eigenvalue weighted by Crippen LogP contribution is -2.27. The summed E-state index contributed by atoms with van der Waals surface area (Å²) in [5, 5.41) is 0. The number of rotatable bonds is 3. The molecular formula is C15H13BrF2N2O. The number of carbonyl (C=O) groups excluding carboxylic acids is 1. The Morgan fingerprint density at radius 3 is 2.62 bits per heavy atom. The fourth-order valence-corrected chi connectivity index (χ4v) is 2.34. The molecule has 0 saturated heterocycles. The minimum absolute atomic E-state index is 0.260. The smallest absolute Gasteiger partial charge is 0.257 e. The number of amides is 1. The van der Waals surface area contributed by atoms with Gasteiger partial charge in [-0.05, 0) is 23.8 Å². The zero-order valence-electron chi connectivity index (χ0n) is 11.2. The fraction of sp³-hybridized carbons (Fsp3) is 0.133. The van der Waals surface area contributed by atoms with Gasteiger partial charge in [-0.3, -0.25) is 4.79 Å². The summed E-state index contributed by atoms with van der Waals surface area (Å²) in [4.78, 5) is 13.5. The van der Waals surface area contributed by atoms with Crippen molar-refractivity contribution in [2.45, 2.75) is 6.54 Å². The monoisotopic (exact) mass is 354 g/mol. The second kappa shape index (κ2) is 6.22. The van der Waals surface area contributed by atoms with Crippen LogP contribution in [0.5, 0.6) is 0 Å². The summed E-state index contributed by atoms with van der Waals surface area (Å²) >= 11 is 3.38. The predicted octanol–water partition coefficient (Wildman–Crippen LogP) is 3.58. The third-order valence-corrected chi connectivity index (χ3v) is 3.78. The molecule has 110 valence electrons. The summed E-state index contributed by atoms with van der Waals surface area (Å²) in [6.45, 7) is 0.260. The Balaban J connectivity index is 2.26. The van der Waals surface area contributed by atoms with Gasteiger partial charge in [-0.2, -0.15) is 0 Å². The molecule has 0 aromatic heterocycles. The molecule has 0 spiro atoms. The molecule has 0 aliphatic rings. The van der Waals surface area contributed by atoms with Crippen LogP contribution in [0.4, 0.5) is 14.5 Å². The van der Waals surface area contributed by atoms with Crippen molar-refractivity contribution < 1.29 is 13.6 Å². The molecule has 0 bridgehead atoms. The minimum atomic E-state index is -0.902. The highest BCUT2D eigenvalue weighted by atomic mass is 79.9. The largest absolute Gasteiger partial charge is 0.396 e. The first kappa shape index (κ1) is 15.4. The zero-order chi connectivity index (χ0) is 15.6. The predicted molar refractivity (Wildman–Crippen MR) is 80.7 cm³/mol. The van der Waals surface area contributed by atoms with Crippen LogP contribution in [-0.4, -0.2) is 17.9 Å². The van der Waals surface area contributed by atoms with Crippen LogP contribution in [0.1, 0.15) is 15.9 Å². The first-order valence-electron chi connectivity index (χ1n) is 6.13. The van der Waals surface area contributed by atoms with Gasteiger partial charge in [0.2, 0.25) is 0 Å². The van der Waals surface area contributed by atoms with E-state index < -0.39 is 17.5 Å². The molecule has 2 rings (SSSR count). The normalized spacial score (nSPS) is 10.5. The van der Waals surface area contributed by atoms with E-state index in [-0.39, 0.29) is 17.8 Å². The van der Waals surface area contributed by atoms with Crippen molar-refractivity contribution in [2.75, 3.05) is 12.8 Å². The maximum absolute atomic E-state index is 13.9. The number of nitrogens with zero attached hydrogens (tertiary/aromatic N) is 1. The maximum atomic E-state index is 13.9. The third-order valence-electron chi connectivity index (χ3n) is 3.01. The van der Waals surface area contributed by atoms with Gasteiger partial charge in [0.1, 0.15) is 5.82 Å². The van der Waals surface area contributed by atoms with E-state index in [9.17, 15) is 13.6 Å². The summed E-state index contributed by atoms with van der Waals surface area (Å²) in [5.74, 6) is -2.28. The lowest BCUT2D eigenvalue weighted by Gasteiger charge is -2.19. The van der Waals surface area contributed by atoms with E-state index in [0.29, 0.717) is 0 Å². The number of hydrogen-bond acceptors (Lipinski definition) is 2. The Morgan fingerprint density at radius 2 is 1.95 bits per heavy atom. The van der Waals surface area contributed by atoms with Gasteiger partial charge in [-0.25, -0.2) is 8.78 Å². The molecular weight excluding hydrogens is 342 g/mol. The van der Waals surface area contributed by atoms with Crippen LogP contribution in [0, 0.1) is 11.6 Å². The van der Waals surface area contributed by atoms with Crippen LogP contribution in [0.3, 0.4) is 0 Å². The first-order chi connectivity index (χ1) is 9.90. The second-order valence-corrected chi connectivity index (χ2v) is 5.46. The van der Waals surface area contributed by atoms with Crippen molar-refractivity contribution in [3.63, 3.8) is 0 Å². The Hall–Kier alpha value is -1.95. The Kier molecular flexibility index (Phi) is 4.57. The molecule has 6 heteroatoms. The second-order valence-electron chi connectivity index (χ2n) is 4.61. The molecule has 0 aliphatic carbocycles. The SMILES string of the molecule is CN(Cc1ccccc1Br)C(=O)c1cc(F)cc(N)c1F. The lowest BCUT2D eigenvalue weighted by atomic mass is 10.1. The zero-order valence-corrected chi connectivity index (χ0v) is 12.8. The molecule has 1 amide bonds. The van der Waals surface area contributed by atoms with Crippen molar-refractivity contribution in [3.8, 4) is 0 Å². The first-order valence-corrected chi connectivity index (χ1v) is 6.93. The number of carbonyl (C=O) groups is 1. The standard InChI is InChI=1S/C15H13BrF2N2O/c1-20(8-9-4-2-3-5-12(9)16)15(21)11-6-10(17)7-13(19)14(11)18/h2-7H,8,19H2,1H3. The van der Waals surface area contributed by atoms with Crippen molar-refractivity contribution in [1.82, 2.24) is 4.90 Å². The third kappa shape index (κ3) is 3.39. The van der Waals surface area contributed by atoms with Crippen LogP contribution >= 0.6 is 15.9 Å². The average molecular weight is 355 g/mol. The molecule has 0 fully saturated rings. The van der Waals surface area contributed by atoms with Gasteiger partial charge < -0.3 is 10.6 Å². The lowest BCUT2D eigenvalue weighted by molar-refractivity contribution is 0.0779. The Morgan fingerprint density at radius 1 is 1.29 bits per heavy atom. The summed E-state index contributed by atoms with van der Waals surface area (Å²) in [6, 6.07) is 9.06. The molecule has 0 radical (unpaired) electrons.